The second-order valence-corrected chi connectivity index (χ2v) is 5.81. The van der Waals surface area contributed by atoms with Gasteiger partial charge in [-0.3, -0.25) is 0 Å². The van der Waals surface area contributed by atoms with Crippen LogP contribution in [-0.2, 0) is 5.41 Å². The second kappa shape index (κ2) is 3.84. The fraction of sp³-hybridized carbons (Fsp3) is 0.222. The van der Waals surface area contributed by atoms with Crippen LogP contribution in [0.3, 0.4) is 0 Å². The molecule has 0 fully saturated rings. The zero-order valence-corrected chi connectivity index (χ0v) is 11.0. The molecule has 2 radical (unpaired) electrons. The van der Waals surface area contributed by atoms with Crippen LogP contribution in [0.4, 0.5) is 0 Å². The van der Waals surface area contributed by atoms with Crippen molar-refractivity contribution in [1.29, 1.82) is 0 Å². The number of benzene rings is 3. The molecule has 0 unspecified atom stereocenters. The van der Waals surface area contributed by atoms with E-state index in [2.05, 4.69) is 63.2 Å². The minimum absolute atomic E-state index is 0.174. The average Bonchev–Trinajstić information content (AvgIpc) is 2.34. The van der Waals surface area contributed by atoms with E-state index in [1.54, 1.807) is 0 Å². The summed E-state index contributed by atoms with van der Waals surface area (Å²) in [5, 5.41) is 4.56. The molecule has 0 saturated carbocycles. The maximum absolute atomic E-state index is 3.49. The molecular formula is C18H16. The monoisotopic (exact) mass is 232 g/mol. The van der Waals surface area contributed by atoms with Gasteiger partial charge in [-0.1, -0.05) is 57.2 Å². The zero-order valence-electron chi connectivity index (χ0n) is 11.0. The van der Waals surface area contributed by atoms with Crippen LogP contribution in [0.2, 0.25) is 0 Å². The van der Waals surface area contributed by atoms with Crippen LogP contribution in [0.15, 0.2) is 42.5 Å². The number of fused-ring (bicyclic) bond motifs is 2. The Bertz CT molecular complexity index is 715. The van der Waals surface area contributed by atoms with E-state index in [0.29, 0.717) is 0 Å². The van der Waals surface area contributed by atoms with E-state index in [0.717, 1.165) is 21.5 Å². The molecule has 0 atom stereocenters. The van der Waals surface area contributed by atoms with Crippen LogP contribution >= 0.6 is 0 Å². The van der Waals surface area contributed by atoms with Crippen molar-refractivity contribution in [2.75, 3.05) is 0 Å². The molecule has 0 aliphatic carbocycles. The van der Waals surface area contributed by atoms with Gasteiger partial charge in [0.1, 0.15) is 0 Å². The van der Waals surface area contributed by atoms with Crippen LogP contribution < -0.4 is 0 Å². The Kier molecular flexibility index (Phi) is 2.41. The molecule has 18 heavy (non-hydrogen) atoms. The molecule has 0 aliphatic heterocycles. The van der Waals surface area contributed by atoms with Crippen molar-refractivity contribution in [1.82, 2.24) is 0 Å². The van der Waals surface area contributed by atoms with E-state index in [4.69, 9.17) is 0 Å². The van der Waals surface area contributed by atoms with Gasteiger partial charge >= 0.3 is 0 Å². The van der Waals surface area contributed by atoms with Crippen molar-refractivity contribution >= 4 is 21.5 Å². The standard InChI is InChI=1S/C18H16/c1-18(2,3)17-9-8-15-10-13-6-4-5-7-14(13)11-16(15)12-17/h4-9,12H,1-3H3. The highest BCUT2D eigenvalue weighted by molar-refractivity contribution is 5.96. The first kappa shape index (κ1) is 11.3. The zero-order chi connectivity index (χ0) is 12.8. The van der Waals surface area contributed by atoms with Gasteiger partial charge in [0.2, 0.25) is 0 Å². The van der Waals surface area contributed by atoms with Crippen LogP contribution in [0.25, 0.3) is 21.5 Å². The highest BCUT2D eigenvalue weighted by atomic mass is 14.2. The van der Waals surface area contributed by atoms with Gasteiger partial charge in [0, 0.05) is 0 Å². The average molecular weight is 232 g/mol. The van der Waals surface area contributed by atoms with Gasteiger partial charge in [0.15, 0.2) is 0 Å². The topological polar surface area (TPSA) is 0 Å². The predicted octanol–water partition coefficient (Wildman–Crippen LogP) is 4.89. The summed E-state index contributed by atoms with van der Waals surface area (Å²) in [6.45, 7) is 6.71. The molecule has 0 spiro atoms. The van der Waals surface area contributed by atoms with E-state index >= 15 is 0 Å². The molecule has 3 aromatic rings. The Morgan fingerprint density at radius 2 is 1.28 bits per heavy atom. The first-order chi connectivity index (χ1) is 8.54. The van der Waals surface area contributed by atoms with E-state index in [1.807, 2.05) is 12.1 Å². The summed E-state index contributed by atoms with van der Waals surface area (Å²) in [5.41, 5.74) is 1.52. The third-order valence-electron chi connectivity index (χ3n) is 3.35. The van der Waals surface area contributed by atoms with Gasteiger partial charge in [-0.2, -0.15) is 0 Å². The Morgan fingerprint density at radius 1 is 0.722 bits per heavy atom. The van der Waals surface area contributed by atoms with Gasteiger partial charge in [0.05, 0.1) is 0 Å². The summed E-state index contributed by atoms with van der Waals surface area (Å²) in [4.78, 5) is 0. The van der Waals surface area contributed by atoms with Crippen LogP contribution in [-0.4, -0.2) is 0 Å². The lowest BCUT2D eigenvalue weighted by Crippen LogP contribution is -2.10. The number of rotatable bonds is 0. The molecule has 0 bridgehead atoms. The number of hydrogen-bond acceptors (Lipinski definition) is 0. The molecule has 3 rings (SSSR count). The maximum Gasteiger partial charge on any atom is -0.00138 e. The van der Waals surface area contributed by atoms with Crippen molar-refractivity contribution in [3.8, 4) is 0 Å². The highest BCUT2D eigenvalue weighted by Gasteiger charge is 2.13. The molecular weight excluding hydrogens is 216 g/mol. The smallest absolute Gasteiger partial charge is 0.00138 e. The van der Waals surface area contributed by atoms with Gasteiger partial charge < -0.3 is 0 Å². The minimum atomic E-state index is 0.174. The largest absolute Gasteiger partial charge is 0.0616 e. The minimum Gasteiger partial charge on any atom is -0.0616 e. The lowest BCUT2D eigenvalue weighted by Gasteiger charge is -2.19. The van der Waals surface area contributed by atoms with E-state index in [-0.39, 0.29) is 5.41 Å². The Morgan fingerprint density at radius 3 is 1.89 bits per heavy atom. The summed E-state index contributed by atoms with van der Waals surface area (Å²) >= 11 is 0. The van der Waals surface area contributed by atoms with Crippen molar-refractivity contribution in [3.05, 3.63) is 60.2 Å². The summed E-state index contributed by atoms with van der Waals surface area (Å²) in [6.07, 6.45) is 0. The van der Waals surface area contributed by atoms with Crippen molar-refractivity contribution in [3.63, 3.8) is 0 Å². The molecule has 0 heteroatoms. The molecule has 3 aromatic carbocycles. The fourth-order valence-corrected chi connectivity index (χ4v) is 2.21. The van der Waals surface area contributed by atoms with Gasteiger partial charge in [-0.05, 0) is 50.7 Å². The molecule has 88 valence electrons. The van der Waals surface area contributed by atoms with Gasteiger partial charge in [-0.25, -0.2) is 0 Å². The molecule has 0 amide bonds. The SMILES string of the molecule is CC(C)(C)c1ccc2[c]c3ccccc3[c]c2c1. The summed E-state index contributed by atoms with van der Waals surface area (Å²) in [5.74, 6) is 0. The molecule has 0 saturated heterocycles. The Balaban J connectivity index is 2.31. The van der Waals surface area contributed by atoms with E-state index < -0.39 is 0 Å². The summed E-state index contributed by atoms with van der Waals surface area (Å²) in [6, 6.07) is 21.8. The molecule has 0 aliphatic rings. The summed E-state index contributed by atoms with van der Waals surface area (Å²) < 4.78 is 0. The highest BCUT2D eigenvalue weighted by Crippen LogP contribution is 2.28. The van der Waals surface area contributed by atoms with E-state index in [9.17, 15) is 0 Å². The van der Waals surface area contributed by atoms with Gasteiger partial charge in [0.25, 0.3) is 0 Å². The van der Waals surface area contributed by atoms with Crippen LogP contribution in [0.5, 0.6) is 0 Å². The lowest BCUT2D eigenvalue weighted by molar-refractivity contribution is 0.591. The number of hydrogen-bond donors (Lipinski definition) is 0. The Labute approximate surface area is 108 Å². The molecule has 0 N–H and O–H groups in total. The maximum atomic E-state index is 3.49. The van der Waals surface area contributed by atoms with Gasteiger partial charge in [-0.15, -0.1) is 0 Å². The molecule has 0 heterocycles. The molecule has 0 aromatic heterocycles. The van der Waals surface area contributed by atoms with Crippen molar-refractivity contribution < 1.29 is 0 Å². The van der Waals surface area contributed by atoms with Crippen LogP contribution in [0.1, 0.15) is 26.3 Å². The van der Waals surface area contributed by atoms with E-state index in [1.165, 1.54) is 5.56 Å². The first-order valence-electron chi connectivity index (χ1n) is 6.32. The molecule has 0 nitrogen and oxygen atoms in total. The normalized spacial score (nSPS) is 12.2. The van der Waals surface area contributed by atoms with Crippen molar-refractivity contribution in [2.24, 2.45) is 0 Å². The third kappa shape index (κ3) is 1.88. The van der Waals surface area contributed by atoms with Crippen LogP contribution in [0, 0.1) is 12.1 Å². The fourth-order valence-electron chi connectivity index (χ4n) is 2.21. The Hall–Kier alpha value is -1.82. The quantitative estimate of drug-likeness (QED) is 0.484. The van der Waals surface area contributed by atoms with Crippen molar-refractivity contribution in [2.45, 2.75) is 26.2 Å². The lowest BCUT2D eigenvalue weighted by atomic mass is 9.85. The third-order valence-corrected chi connectivity index (χ3v) is 3.35. The first-order valence-corrected chi connectivity index (χ1v) is 6.32. The predicted molar refractivity (Wildman–Crippen MR) is 77.8 cm³/mol. The second-order valence-electron chi connectivity index (χ2n) is 5.81. The summed E-state index contributed by atoms with van der Waals surface area (Å²) in [7, 11) is 0.